The number of alkyl halides is 3. The molecule has 0 saturated carbocycles. The van der Waals surface area contributed by atoms with Gasteiger partial charge in [-0.15, -0.1) is 13.2 Å². The Morgan fingerprint density at radius 3 is 2.40 bits per heavy atom. The van der Waals surface area contributed by atoms with Gasteiger partial charge < -0.3 is 20.7 Å². The molecule has 0 fully saturated rings. The summed E-state index contributed by atoms with van der Waals surface area (Å²) in [5.74, 6) is -1.13. The molecular formula is C34H32F3N3O3. The van der Waals surface area contributed by atoms with E-state index in [0.717, 1.165) is 47.3 Å². The van der Waals surface area contributed by atoms with E-state index >= 15 is 0 Å². The van der Waals surface area contributed by atoms with E-state index in [1.165, 1.54) is 18.2 Å². The number of nitrogens with one attached hydrogen (secondary N) is 1. The second-order valence-electron chi connectivity index (χ2n) is 11.1. The molecule has 0 aromatic heterocycles. The molecule has 0 atom stereocenters. The van der Waals surface area contributed by atoms with E-state index in [1.54, 1.807) is 38.1 Å². The van der Waals surface area contributed by atoms with Gasteiger partial charge in [0.15, 0.2) is 0 Å². The maximum absolute atomic E-state index is 13.3. The Balaban J connectivity index is 1.29. The minimum absolute atomic E-state index is 0.320. The number of rotatable bonds is 8. The van der Waals surface area contributed by atoms with E-state index in [-0.39, 0.29) is 11.7 Å². The molecule has 4 aromatic carbocycles. The first kappa shape index (κ1) is 29.7. The second kappa shape index (κ2) is 11.8. The molecule has 5 rings (SSSR count). The number of nitrogens with two attached hydrogens (primary N) is 1. The van der Waals surface area contributed by atoms with Crippen molar-refractivity contribution in [2.24, 2.45) is 5.73 Å². The van der Waals surface area contributed by atoms with Gasteiger partial charge >= 0.3 is 6.36 Å². The molecular weight excluding hydrogens is 555 g/mol. The van der Waals surface area contributed by atoms with Gasteiger partial charge in [0.1, 0.15) is 5.75 Å². The number of primary amides is 1. The van der Waals surface area contributed by atoms with Crippen LogP contribution in [-0.2, 0) is 18.5 Å². The smallest absolute Gasteiger partial charge is 0.406 e. The molecule has 1 aliphatic rings. The van der Waals surface area contributed by atoms with E-state index in [4.69, 9.17) is 5.73 Å². The summed E-state index contributed by atoms with van der Waals surface area (Å²) >= 11 is 0. The fraction of sp³-hybridized carbons (Fsp3) is 0.235. The molecule has 0 unspecified atom stereocenters. The summed E-state index contributed by atoms with van der Waals surface area (Å²) in [7, 11) is 0. The quantitative estimate of drug-likeness (QED) is 0.233. The lowest BCUT2D eigenvalue weighted by atomic mass is 9.93. The van der Waals surface area contributed by atoms with Crippen LogP contribution in [0.2, 0.25) is 0 Å². The monoisotopic (exact) mass is 587 g/mol. The number of aryl methyl sites for hydroxylation is 1. The van der Waals surface area contributed by atoms with Gasteiger partial charge in [0, 0.05) is 29.9 Å². The van der Waals surface area contributed by atoms with Crippen molar-refractivity contribution in [2.75, 3.05) is 11.4 Å². The van der Waals surface area contributed by atoms with Crippen molar-refractivity contribution < 1.29 is 27.5 Å². The zero-order valence-electron chi connectivity index (χ0n) is 23.9. The van der Waals surface area contributed by atoms with Crippen LogP contribution in [0.3, 0.4) is 0 Å². The van der Waals surface area contributed by atoms with Crippen molar-refractivity contribution in [2.45, 2.75) is 45.1 Å². The van der Waals surface area contributed by atoms with Gasteiger partial charge in [0.2, 0.25) is 5.91 Å². The van der Waals surface area contributed by atoms with Crippen molar-refractivity contribution in [1.29, 1.82) is 0 Å². The van der Waals surface area contributed by atoms with Crippen LogP contribution < -0.4 is 20.7 Å². The number of carbonyl (C=O) groups excluding carboxylic acids is 2. The lowest BCUT2D eigenvalue weighted by molar-refractivity contribution is -0.274. The highest BCUT2D eigenvalue weighted by atomic mass is 19.4. The van der Waals surface area contributed by atoms with Gasteiger partial charge in [-0.3, -0.25) is 9.59 Å². The SMILES string of the molecule is CC(C)(NC(=O)c1ccc2c(c1)CCCN2Cc1ccc(-c2ccccc2C(N)=O)cc1)c1cccc(OC(F)(F)F)c1. The molecule has 4 aromatic rings. The third-order valence-electron chi connectivity index (χ3n) is 7.60. The van der Waals surface area contributed by atoms with E-state index in [2.05, 4.69) is 15.0 Å². The Morgan fingerprint density at radius 2 is 1.67 bits per heavy atom. The third kappa shape index (κ3) is 6.99. The number of fused-ring (bicyclic) bond motifs is 1. The summed E-state index contributed by atoms with van der Waals surface area (Å²) in [6.07, 6.45) is -3.04. The number of anilines is 1. The molecule has 0 spiro atoms. The van der Waals surface area contributed by atoms with Crippen LogP contribution in [0.4, 0.5) is 18.9 Å². The summed E-state index contributed by atoms with van der Waals surface area (Å²) in [5.41, 5.74) is 11.0. The molecule has 6 nitrogen and oxygen atoms in total. The van der Waals surface area contributed by atoms with Gasteiger partial charge in [-0.2, -0.15) is 0 Å². The molecule has 222 valence electrons. The highest BCUT2D eigenvalue weighted by Crippen LogP contribution is 2.32. The molecule has 3 N–H and O–H groups in total. The predicted octanol–water partition coefficient (Wildman–Crippen LogP) is 6.97. The van der Waals surface area contributed by atoms with E-state index in [9.17, 15) is 22.8 Å². The molecule has 0 radical (unpaired) electrons. The Morgan fingerprint density at radius 1 is 0.930 bits per heavy atom. The van der Waals surface area contributed by atoms with Crippen LogP contribution in [0, 0.1) is 0 Å². The number of hydrogen-bond donors (Lipinski definition) is 2. The second-order valence-corrected chi connectivity index (χ2v) is 11.1. The lowest BCUT2D eigenvalue weighted by Crippen LogP contribution is -2.41. The lowest BCUT2D eigenvalue weighted by Gasteiger charge is -2.32. The van der Waals surface area contributed by atoms with Crippen LogP contribution in [-0.4, -0.2) is 24.7 Å². The molecule has 1 aliphatic heterocycles. The van der Waals surface area contributed by atoms with Crippen LogP contribution in [0.1, 0.15) is 57.7 Å². The minimum Gasteiger partial charge on any atom is -0.406 e. The first-order valence-corrected chi connectivity index (χ1v) is 13.9. The molecule has 0 bridgehead atoms. The molecule has 0 aliphatic carbocycles. The molecule has 9 heteroatoms. The average Bonchev–Trinajstić information content (AvgIpc) is 2.96. The predicted molar refractivity (Wildman–Crippen MR) is 160 cm³/mol. The van der Waals surface area contributed by atoms with Crippen LogP contribution in [0.25, 0.3) is 11.1 Å². The van der Waals surface area contributed by atoms with Crippen molar-refractivity contribution >= 4 is 17.5 Å². The normalized spacial score (nSPS) is 13.3. The maximum atomic E-state index is 13.3. The summed E-state index contributed by atoms with van der Waals surface area (Å²) in [4.78, 5) is 27.4. The number of carbonyl (C=O) groups is 2. The van der Waals surface area contributed by atoms with Crippen molar-refractivity contribution in [3.63, 3.8) is 0 Å². The fourth-order valence-corrected chi connectivity index (χ4v) is 5.45. The zero-order valence-corrected chi connectivity index (χ0v) is 23.9. The number of amides is 2. The number of halogens is 3. The molecule has 0 saturated heterocycles. The standard InChI is InChI=1S/C34H32F3N3O3/c1-33(2,26-8-5-9-27(20-26)43-34(35,36)37)39-32(42)25-16-17-30-24(19-25)7-6-18-40(30)21-22-12-14-23(15-13-22)28-10-3-4-11-29(28)31(38)41/h3-5,8-17,19-20H,6-7,18,21H2,1-2H3,(H2,38,41)(H,39,42). The Bertz CT molecular complexity index is 1650. The number of nitrogens with zero attached hydrogens (tertiary/aromatic N) is 1. The van der Waals surface area contributed by atoms with Gasteiger partial charge in [-0.05, 0) is 90.9 Å². The average molecular weight is 588 g/mol. The van der Waals surface area contributed by atoms with Crippen LogP contribution >= 0.6 is 0 Å². The minimum atomic E-state index is -4.80. The summed E-state index contributed by atoms with van der Waals surface area (Å²) < 4.78 is 42.1. The maximum Gasteiger partial charge on any atom is 0.573 e. The van der Waals surface area contributed by atoms with E-state index in [1.807, 2.05) is 48.5 Å². The van der Waals surface area contributed by atoms with Crippen LogP contribution in [0.15, 0.2) is 91.0 Å². The van der Waals surface area contributed by atoms with Crippen molar-refractivity contribution in [1.82, 2.24) is 5.32 Å². The topological polar surface area (TPSA) is 84.7 Å². The zero-order chi connectivity index (χ0) is 30.8. The van der Waals surface area contributed by atoms with Gasteiger partial charge in [0.25, 0.3) is 5.91 Å². The van der Waals surface area contributed by atoms with Gasteiger partial charge in [-0.25, -0.2) is 0 Å². The molecule has 2 amide bonds. The van der Waals surface area contributed by atoms with Gasteiger partial charge in [-0.1, -0.05) is 54.6 Å². The molecule has 43 heavy (non-hydrogen) atoms. The Hall–Kier alpha value is -4.79. The fourth-order valence-electron chi connectivity index (χ4n) is 5.45. The number of ether oxygens (including phenoxy) is 1. The largest absolute Gasteiger partial charge is 0.573 e. The number of hydrogen-bond acceptors (Lipinski definition) is 4. The Labute approximate surface area is 248 Å². The summed E-state index contributed by atoms with van der Waals surface area (Å²) in [6, 6.07) is 26.6. The first-order valence-electron chi connectivity index (χ1n) is 13.9. The van der Waals surface area contributed by atoms with Crippen molar-refractivity contribution in [3.05, 3.63) is 119 Å². The van der Waals surface area contributed by atoms with Gasteiger partial charge in [0.05, 0.1) is 5.54 Å². The summed E-state index contributed by atoms with van der Waals surface area (Å²) in [6.45, 7) is 5.01. The first-order chi connectivity index (χ1) is 20.4. The van der Waals surface area contributed by atoms with E-state index in [0.29, 0.717) is 23.2 Å². The highest BCUT2D eigenvalue weighted by molar-refractivity contribution is 5.99. The molecule has 1 heterocycles. The van der Waals surface area contributed by atoms with Crippen LogP contribution in [0.5, 0.6) is 5.75 Å². The Kier molecular flexibility index (Phi) is 8.17. The summed E-state index contributed by atoms with van der Waals surface area (Å²) in [5, 5.41) is 2.95. The highest BCUT2D eigenvalue weighted by Gasteiger charge is 2.32. The third-order valence-corrected chi connectivity index (χ3v) is 7.60. The van der Waals surface area contributed by atoms with E-state index < -0.39 is 17.8 Å². The number of benzene rings is 4. The van der Waals surface area contributed by atoms with Crippen molar-refractivity contribution in [3.8, 4) is 16.9 Å².